The van der Waals surface area contributed by atoms with E-state index >= 15 is 0 Å². The summed E-state index contributed by atoms with van der Waals surface area (Å²) in [5, 5.41) is 8.86. The molecule has 31 heavy (non-hydrogen) atoms. The molecule has 0 saturated carbocycles. The zero-order chi connectivity index (χ0) is 21.2. The first kappa shape index (κ1) is 45.1. The zero-order valence-electron chi connectivity index (χ0n) is 17.8. The Labute approximate surface area is 240 Å². The van der Waals surface area contributed by atoms with Crippen LogP contribution < -0.4 is 80.1 Å². The van der Waals surface area contributed by atoms with Gasteiger partial charge in [-0.2, -0.15) is 0 Å². The summed E-state index contributed by atoms with van der Waals surface area (Å²) < 4.78 is 25.3. The third-order valence-electron chi connectivity index (χ3n) is 2.59. The molecule has 0 aromatic carbocycles. The van der Waals surface area contributed by atoms with Crippen LogP contribution in [0.3, 0.4) is 0 Å². The van der Waals surface area contributed by atoms with Gasteiger partial charge in [-0.05, 0) is 0 Å². The second-order valence-corrected chi connectivity index (χ2v) is 51.5. The summed E-state index contributed by atoms with van der Waals surface area (Å²) in [6.45, 7) is 1.20. The number of hydrogen-bond donors (Lipinski definition) is 1. The van der Waals surface area contributed by atoms with Gasteiger partial charge in [-0.25, -0.2) is 0 Å². The van der Waals surface area contributed by atoms with E-state index in [0.29, 0.717) is 13.2 Å². The molecule has 0 aliphatic heterocycles. The van der Waals surface area contributed by atoms with E-state index in [1.165, 1.54) is 0 Å². The third kappa shape index (κ3) is 24.2. The second-order valence-electron chi connectivity index (χ2n) is 6.40. The van der Waals surface area contributed by atoms with Crippen LogP contribution in [0.2, 0.25) is 0 Å². The van der Waals surface area contributed by atoms with Gasteiger partial charge in [0.25, 0.3) is 0 Å². The minimum absolute atomic E-state index is 0. The predicted molar refractivity (Wildman–Crippen MR) is 141 cm³/mol. The van der Waals surface area contributed by atoms with Crippen LogP contribution in [-0.4, -0.2) is 84.3 Å². The van der Waals surface area contributed by atoms with Crippen molar-refractivity contribution in [3.63, 3.8) is 0 Å². The first-order chi connectivity index (χ1) is 12.3. The van der Waals surface area contributed by atoms with E-state index in [1.54, 1.807) is 0 Å². The SMILES string of the molecule is C.C.C.C.C[I-]S(C)(C)OS(C)(O[I-]S(C)(CCCOCCO)O[I-]S(C)(C)C)[I-]C. The molecule has 0 aromatic heterocycles. The Morgan fingerprint density at radius 1 is 0.742 bits per heavy atom. The molecule has 0 amide bonds. The van der Waals surface area contributed by atoms with Gasteiger partial charge >= 0.3 is 214 Å². The summed E-state index contributed by atoms with van der Waals surface area (Å²) >= 11 is -0.757. The molecular weight excluding hydrogens is 932 g/mol. The summed E-state index contributed by atoms with van der Waals surface area (Å²) in [6.07, 6.45) is 17.1. The standard InChI is InChI=1S/C14H38I4O5S4.4CH4/c1-15-25(6,7)23-27(9,16-2)22-18-26(8,21-17-24(3,4)5)14-10-12-20-13-11-19;;;;/h19H,10-14H2,1-9H3;4*1H4/q-4;;;;. The Kier molecular flexibility index (Phi) is 32.2. The molecule has 0 heterocycles. The molecule has 2 atom stereocenters. The van der Waals surface area contributed by atoms with Crippen LogP contribution in [-0.2, 0) is 13.4 Å². The number of ether oxygens (including phenoxy) is 1. The van der Waals surface area contributed by atoms with Crippen LogP contribution >= 0.6 is 29.9 Å². The summed E-state index contributed by atoms with van der Waals surface area (Å²) in [4.78, 5) is 4.61. The molecule has 5 nitrogen and oxygen atoms in total. The number of hydrogen-bond acceptors (Lipinski definition) is 5. The van der Waals surface area contributed by atoms with Gasteiger partial charge in [0.2, 0.25) is 0 Å². The Morgan fingerprint density at radius 3 is 1.71 bits per heavy atom. The van der Waals surface area contributed by atoms with Crippen molar-refractivity contribution >= 4 is 29.9 Å². The number of alkyl halides is 2. The van der Waals surface area contributed by atoms with Gasteiger partial charge in [-0.3, -0.25) is 0 Å². The van der Waals surface area contributed by atoms with E-state index in [0.717, 1.165) is 12.2 Å². The average Bonchev–Trinajstić information content (AvgIpc) is 2.57. The van der Waals surface area contributed by atoms with Gasteiger partial charge in [0.1, 0.15) is 0 Å². The van der Waals surface area contributed by atoms with Crippen LogP contribution in [0.25, 0.3) is 0 Å². The topological polar surface area (TPSA) is 57.2 Å². The van der Waals surface area contributed by atoms with Gasteiger partial charge in [0, 0.05) is 0 Å². The third-order valence-corrected chi connectivity index (χ3v) is 41.7. The quantitative estimate of drug-likeness (QED) is 0.0952. The van der Waals surface area contributed by atoms with Crippen molar-refractivity contribution in [2.45, 2.75) is 36.1 Å². The zero-order valence-corrected chi connectivity index (χ0v) is 29.7. The van der Waals surface area contributed by atoms with Gasteiger partial charge in [0.05, 0.1) is 0 Å². The molecule has 0 saturated heterocycles. The Hall–Kier alpha value is 4.12. The molecule has 212 valence electrons. The second kappa shape index (κ2) is 22.1. The fraction of sp³-hybridized carbons (Fsp3) is 1.00. The normalized spacial score (nSPS) is 18.9. The Morgan fingerprint density at radius 2 is 1.29 bits per heavy atom. The molecule has 1 N–H and O–H groups in total. The van der Waals surface area contributed by atoms with E-state index in [4.69, 9.17) is 18.5 Å². The molecule has 0 aliphatic carbocycles. The maximum atomic E-state index is 8.86. The fourth-order valence-corrected chi connectivity index (χ4v) is 43.3. The van der Waals surface area contributed by atoms with Crippen LogP contribution in [0.1, 0.15) is 36.1 Å². The van der Waals surface area contributed by atoms with Crippen LogP contribution in [0.15, 0.2) is 0 Å². The van der Waals surface area contributed by atoms with Gasteiger partial charge in [-0.1, -0.05) is 29.7 Å². The van der Waals surface area contributed by atoms with Crippen LogP contribution in [0.5, 0.6) is 0 Å². The predicted octanol–water partition coefficient (Wildman–Crippen LogP) is -5.63. The number of aliphatic hydroxyl groups is 1. The number of rotatable bonds is 16. The Bertz CT molecular complexity index is 423. The van der Waals surface area contributed by atoms with Crippen LogP contribution in [0.4, 0.5) is 0 Å². The molecule has 0 rings (SSSR count). The first-order valence-electron chi connectivity index (χ1n) is 7.89. The van der Waals surface area contributed by atoms with E-state index in [-0.39, 0.29) is 96.2 Å². The van der Waals surface area contributed by atoms with Gasteiger partial charge < -0.3 is 0 Å². The molecule has 13 heteroatoms. The van der Waals surface area contributed by atoms with Crippen molar-refractivity contribution in [3.8, 4) is 0 Å². The summed E-state index contributed by atoms with van der Waals surface area (Å²) in [6, 6.07) is 0. The average molecular weight is 987 g/mol. The molecule has 0 aromatic rings. The van der Waals surface area contributed by atoms with Crippen molar-refractivity contribution in [2.24, 2.45) is 0 Å². The fourth-order valence-electron chi connectivity index (χ4n) is 1.26. The van der Waals surface area contributed by atoms with Crippen molar-refractivity contribution in [1.82, 2.24) is 0 Å². The molecule has 0 radical (unpaired) electrons. The van der Waals surface area contributed by atoms with Crippen LogP contribution in [0, 0.1) is 0 Å². The minimum atomic E-state index is -1.35. The van der Waals surface area contributed by atoms with Crippen molar-refractivity contribution < 1.29 is 98.6 Å². The van der Waals surface area contributed by atoms with Crippen molar-refractivity contribution in [3.05, 3.63) is 0 Å². The maximum absolute atomic E-state index is 8.86. The van der Waals surface area contributed by atoms with E-state index in [2.05, 4.69) is 53.7 Å². The summed E-state index contributed by atoms with van der Waals surface area (Å²) in [5.74, 6) is 1.04. The van der Waals surface area contributed by atoms with Gasteiger partial charge in [-0.15, -0.1) is 0 Å². The van der Waals surface area contributed by atoms with Crippen molar-refractivity contribution in [2.75, 3.05) is 79.2 Å². The van der Waals surface area contributed by atoms with Crippen molar-refractivity contribution in [1.29, 1.82) is 0 Å². The van der Waals surface area contributed by atoms with Gasteiger partial charge in [0.15, 0.2) is 0 Å². The summed E-state index contributed by atoms with van der Waals surface area (Å²) in [7, 11) is -4.04. The number of halogens is 4. The van der Waals surface area contributed by atoms with E-state index in [9.17, 15) is 0 Å². The summed E-state index contributed by atoms with van der Waals surface area (Å²) in [5.41, 5.74) is 0. The molecular formula is C18H54I4O5S4-4. The Balaban J connectivity index is -0.000000563. The van der Waals surface area contributed by atoms with E-state index in [1.807, 2.05) is 0 Å². The monoisotopic (exact) mass is 986 g/mol. The number of aliphatic hydroxyl groups excluding tert-OH is 1. The molecule has 0 bridgehead atoms. The molecule has 0 fully saturated rings. The van der Waals surface area contributed by atoms with E-state index < -0.39 is 50.2 Å². The molecule has 0 spiro atoms. The molecule has 0 aliphatic rings. The first-order valence-corrected chi connectivity index (χ1v) is 33.4. The molecule has 2 unspecified atom stereocenters.